The summed E-state index contributed by atoms with van der Waals surface area (Å²) in [5.74, 6) is 1.30. The number of rotatable bonds is 8. The number of amides is 1. The minimum atomic E-state index is -0.374. The fraction of sp³-hybridized carbons (Fsp3) is 0.238. The van der Waals surface area contributed by atoms with Gasteiger partial charge in [0, 0.05) is 24.1 Å². The largest absolute Gasteiger partial charge is 0.465 e. The maximum atomic E-state index is 11.8. The first kappa shape index (κ1) is 19.8. The van der Waals surface area contributed by atoms with Gasteiger partial charge in [0.2, 0.25) is 5.91 Å². The van der Waals surface area contributed by atoms with Gasteiger partial charge >= 0.3 is 5.97 Å². The third-order valence-corrected chi connectivity index (χ3v) is 4.72. The van der Waals surface area contributed by atoms with Gasteiger partial charge in [-0.15, -0.1) is 0 Å². The molecular formula is C21H23NO3S. The van der Waals surface area contributed by atoms with Crippen LogP contribution in [0.25, 0.3) is 6.08 Å². The number of ether oxygens (including phenoxy) is 1. The number of aryl methyl sites for hydroxylation is 1. The summed E-state index contributed by atoms with van der Waals surface area (Å²) in [6, 6.07) is 15.4. The highest BCUT2D eigenvalue weighted by atomic mass is 32.2. The predicted octanol–water partition coefficient (Wildman–Crippen LogP) is 3.84. The first-order valence-corrected chi connectivity index (χ1v) is 9.51. The Labute approximate surface area is 158 Å². The quantitative estimate of drug-likeness (QED) is 0.436. The lowest BCUT2D eigenvalue weighted by atomic mass is 10.1. The maximum Gasteiger partial charge on any atom is 0.337 e. The van der Waals surface area contributed by atoms with Crippen LogP contribution in [0.2, 0.25) is 0 Å². The van der Waals surface area contributed by atoms with Crippen LogP contribution in [0.1, 0.15) is 27.0 Å². The molecule has 0 unspecified atom stereocenters. The van der Waals surface area contributed by atoms with Gasteiger partial charge in [0.15, 0.2) is 0 Å². The third kappa shape index (κ3) is 6.76. The van der Waals surface area contributed by atoms with E-state index in [1.165, 1.54) is 24.3 Å². The summed E-state index contributed by atoms with van der Waals surface area (Å²) in [4.78, 5) is 23.2. The molecule has 0 aromatic heterocycles. The average molecular weight is 369 g/mol. The van der Waals surface area contributed by atoms with E-state index in [-0.39, 0.29) is 11.9 Å². The van der Waals surface area contributed by atoms with Gasteiger partial charge in [-0.2, -0.15) is 11.8 Å². The molecule has 0 atom stereocenters. The smallest absolute Gasteiger partial charge is 0.337 e. The zero-order valence-electron chi connectivity index (χ0n) is 15.0. The Balaban J connectivity index is 1.67. The highest BCUT2D eigenvalue weighted by Gasteiger charge is 2.03. The molecule has 136 valence electrons. The molecule has 2 rings (SSSR count). The number of esters is 1. The number of methoxy groups -OCH3 is 1. The van der Waals surface area contributed by atoms with Crippen molar-refractivity contribution in [2.45, 2.75) is 12.7 Å². The van der Waals surface area contributed by atoms with Crippen LogP contribution in [0.4, 0.5) is 0 Å². The second kappa shape index (κ2) is 10.5. The lowest BCUT2D eigenvalue weighted by Gasteiger charge is -2.04. The van der Waals surface area contributed by atoms with E-state index >= 15 is 0 Å². The van der Waals surface area contributed by atoms with E-state index in [0.717, 1.165) is 17.1 Å². The molecule has 0 radical (unpaired) electrons. The lowest BCUT2D eigenvalue weighted by Crippen LogP contribution is -2.23. The van der Waals surface area contributed by atoms with Crippen molar-refractivity contribution in [2.24, 2.45) is 0 Å². The summed E-state index contributed by atoms with van der Waals surface area (Å²) in [6.07, 6.45) is 3.22. The Morgan fingerprint density at radius 3 is 2.42 bits per heavy atom. The van der Waals surface area contributed by atoms with Crippen molar-refractivity contribution in [3.8, 4) is 0 Å². The van der Waals surface area contributed by atoms with Crippen molar-refractivity contribution < 1.29 is 14.3 Å². The Morgan fingerprint density at radius 2 is 1.77 bits per heavy atom. The normalized spacial score (nSPS) is 10.7. The molecule has 0 fully saturated rings. The number of carbonyl (C=O) groups excluding carboxylic acids is 2. The molecule has 0 aliphatic heterocycles. The minimum absolute atomic E-state index is 0.127. The molecule has 0 saturated carbocycles. The van der Waals surface area contributed by atoms with Gasteiger partial charge in [-0.25, -0.2) is 4.79 Å². The fourth-order valence-corrected chi connectivity index (χ4v) is 3.02. The van der Waals surface area contributed by atoms with Crippen LogP contribution in [0.5, 0.6) is 0 Å². The van der Waals surface area contributed by atoms with Gasteiger partial charge in [0.05, 0.1) is 12.7 Å². The molecule has 0 spiro atoms. The number of carbonyl (C=O) groups is 2. The van der Waals surface area contributed by atoms with E-state index in [4.69, 9.17) is 0 Å². The van der Waals surface area contributed by atoms with Crippen molar-refractivity contribution in [3.63, 3.8) is 0 Å². The van der Waals surface area contributed by atoms with Crippen molar-refractivity contribution in [1.29, 1.82) is 0 Å². The molecule has 2 aromatic carbocycles. The van der Waals surface area contributed by atoms with E-state index < -0.39 is 0 Å². The maximum absolute atomic E-state index is 11.8. The number of hydrogen-bond acceptors (Lipinski definition) is 4. The van der Waals surface area contributed by atoms with Crippen molar-refractivity contribution >= 4 is 29.7 Å². The highest BCUT2D eigenvalue weighted by Crippen LogP contribution is 2.12. The Kier molecular flexibility index (Phi) is 7.96. The summed E-state index contributed by atoms with van der Waals surface area (Å²) in [5, 5.41) is 2.87. The van der Waals surface area contributed by atoms with Crippen LogP contribution in [0.3, 0.4) is 0 Å². The number of nitrogens with one attached hydrogen (secondary N) is 1. The van der Waals surface area contributed by atoms with Crippen LogP contribution >= 0.6 is 11.8 Å². The van der Waals surface area contributed by atoms with E-state index in [9.17, 15) is 9.59 Å². The average Bonchev–Trinajstić information content (AvgIpc) is 2.67. The molecule has 0 saturated heterocycles. The number of benzene rings is 2. The molecule has 2 aromatic rings. The molecule has 1 N–H and O–H groups in total. The van der Waals surface area contributed by atoms with Gasteiger partial charge in [0.25, 0.3) is 0 Å². The second-order valence-corrected chi connectivity index (χ2v) is 6.88. The summed E-state index contributed by atoms with van der Waals surface area (Å²) < 4.78 is 4.65. The molecule has 0 bridgehead atoms. The van der Waals surface area contributed by atoms with Crippen molar-refractivity contribution in [3.05, 3.63) is 76.9 Å². The third-order valence-electron chi connectivity index (χ3n) is 3.69. The molecule has 1 amide bonds. The lowest BCUT2D eigenvalue weighted by molar-refractivity contribution is -0.116. The standard InChI is InChI=1S/C21H23NO3S/c1-16-3-5-18(6-4-16)15-26-14-13-22-20(23)12-9-17-7-10-19(11-8-17)21(24)25-2/h3-12H,13-15H2,1-2H3,(H,22,23)/b12-9+. The zero-order valence-corrected chi connectivity index (χ0v) is 15.8. The summed E-state index contributed by atoms with van der Waals surface area (Å²) in [6.45, 7) is 2.70. The highest BCUT2D eigenvalue weighted by molar-refractivity contribution is 7.98. The van der Waals surface area contributed by atoms with Gasteiger partial charge < -0.3 is 10.1 Å². The topological polar surface area (TPSA) is 55.4 Å². The molecule has 26 heavy (non-hydrogen) atoms. The van der Waals surface area contributed by atoms with Crippen molar-refractivity contribution in [1.82, 2.24) is 5.32 Å². The van der Waals surface area contributed by atoms with Crippen LogP contribution in [-0.2, 0) is 15.3 Å². The molecular weight excluding hydrogens is 346 g/mol. The molecule has 5 heteroatoms. The van der Waals surface area contributed by atoms with E-state index in [2.05, 4.69) is 41.2 Å². The first-order chi connectivity index (χ1) is 12.6. The Bertz CT molecular complexity index is 752. The summed E-state index contributed by atoms with van der Waals surface area (Å²) >= 11 is 1.79. The molecule has 0 aliphatic rings. The summed E-state index contributed by atoms with van der Waals surface area (Å²) in [5.41, 5.74) is 3.89. The Hall–Kier alpha value is -2.53. The van der Waals surface area contributed by atoms with Crippen LogP contribution in [0, 0.1) is 6.92 Å². The van der Waals surface area contributed by atoms with Gasteiger partial charge in [-0.1, -0.05) is 42.0 Å². The van der Waals surface area contributed by atoms with E-state index in [1.54, 1.807) is 42.1 Å². The SMILES string of the molecule is COC(=O)c1ccc(/C=C/C(=O)NCCSCc2ccc(C)cc2)cc1. The second-order valence-electron chi connectivity index (χ2n) is 5.78. The minimum Gasteiger partial charge on any atom is -0.465 e. The monoisotopic (exact) mass is 369 g/mol. The molecule has 4 nitrogen and oxygen atoms in total. The molecule has 0 heterocycles. The van der Waals surface area contributed by atoms with Gasteiger partial charge in [-0.05, 0) is 36.3 Å². The number of hydrogen-bond donors (Lipinski definition) is 1. The van der Waals surface area contributed by atoms with E-state index in [1.807, 2.05) is 0 Å². The first-order valence-electron chi connectivity index (χ1n) is 8.36. The van der Waals surface area contributed by atoms with Crippen LogP contribution < -0.4 is 5.32 Å². The van der Waals surface area contributed by atoms with Crippen LogP contribution in [-0.4, -0.2) is 31.3 Å². The van der Waals surface area contributed by atoms with Gasteiger partial charge in [-0.3, -0.25) is 4.79 Å². The number of thioether (sulfide) groups is 1. The van der Waals surface area contributed by atoms with E-state index in [0.29, 0.717) is 12.1 Å². The van der Waals surface area contributed by atoms with Crippen molar-refractivity contribution in [2.75, 3.05) is 19.4 Å². The summed E-state index contributed by atoms with van der Waals surface area (Å²) in [7, 11) is 1.35. The molecule has 0 aliphatic carbocycles. The van der Waals surface area contributed by atoms with Gasteiger partial charge in [0.1, 0.15) is 0 Å². The predicted molar refractivity (Wildman–Crippen MR) is 107 cm³/mol. The fourth-order valence-electron chi connectivity index (χ4n) is 2.20. The zero-order chi connectivity index (χ0) is 18.8. The van der Waals surface area contributed by atoms with Crippen LogP contribution in [0.15, 0.2) is 54.6 Å². The Morgan fingerprint density at radius 1 is 1.08 bits per heavy atom.